The van der Waals surface area contributed by atoms with Crippen LogP contribution in [0.15, 0.2) is 45.6 Å². The van der Waals surface area contributed by atoms with Gasteiger partial charge < -0.3 is 13.9 Å². The number of carbonyl (C=O) groups is 2. The van der Waals surface area contributed by atoms with Gasteiger partial charge in [0.25, 0.3) is 0 Å². The minimum absolute atomic E-state index is 0.179. The second-order valence-electron chi connectivity index (χ2n) is 4.91. The Morgan fingerprint density at radius 3 is 2.39 bits per heavy atom. The van der Waals surface area contributed by atoms with Crippen molar-refractivity contribution in [2.75, 3.05) is 0 Å². The van der Waals surface area contributed by atoms with Crippen molar-refractivity contribution in [3.05, 3.63) is 46.6 Å². The number of esters is 2. The van der Waals surface area contributed by atoms with Gasteiger partial charge in [0.1, 0.15) is 11.3 Å². The zero-order chi connectivity index (χ0) is 16.6. The number of benzene rings is 2. The fraction of sp³-hybridized carbons (Fsp3) is 0.118. The van der Waals surface area contributed by atoms with Crippen LogP contribution in [0, 0.1) is 0 Å². The highest BCUT2D eigenvalue weighted by Crippen LogP contribution is 2.28. The first-order valence-electron chi connectivity index (χ1n) is 6.82. The van der Waals surface area contributed by atoms with Crippen molar-refractivity contribution in [3.63, 3.8) is 0 Å². The topological polar surface area (TPSA) is 82.8 Å². The zero-order valence-corrected chi connectivity index (χ0v) is 12.4. The molecule has 3 aromatic rings. The van der Waals surface area contributed by atoms with Crippen LogP contribution in [0.3, 0.4) is 0 Å². The molecular weight excluding hydrogens is 300 g/mol. The molecule has 116 valence electrons. The average Bonchev–Trinajstić information content (AvgIpc) is 2.48. The van der Waals surface area contributed by atoms with Gasteiger partial charge >= 0.3 is 11.9 Å². The van der Waals surface area contributed by atoms with E-state index in [-0.39, 0.29) is 33.3 Å². The fourth-order valence-electron chi connectivity index (χ4n) is 2.30. The van der Waals surface area contributed by atoms with E-state index in [0.29, 0.717) is 5.58 Å². The molecular formula is C17H12O6. The SMILES string of the molecule is CC(=O)Oc1ccc2oc3c(OC(C)=O)cccc3c(=O)c2c1. The largest absolute Gasteiger partial charge is 0.452 e. The Morgan fingerprint density at radius 1 is 0.957 bits per heavy atom. The molecule has 0 spiro atoms. The van der Waals surface area contributed by atoms with E-state index in [0.717, 1.165) is 0 Å². The monoisotopic (exact) mass is 312 g/mol. The molecule has 1 heterocycles. The Morgan fingerprint density at radius 2 is 1.70 bits per heavy atom. The molecule has 0 aliphatic rings. The molecule has 0 atom stereocenters. The van der Waals surface area contributed by atoms with Crippen LogP contribution >= 0.6 is 0 Å². The summed E-state index contributed by atoms with van der Waals surface area (Å²) in [5, 5.41) is 0.549. The standard InChI is InChI=1S/C17H12O6/c1-9(18)21-11-6-7-14-13(8-11)16(20)12-4-3-5-15(17(12)23-14)22-10(2)19/h3-8H,1-2H3. The van der Waals surface area contributed by atoms with Crippen molar-refractivity contribution in [1.82, 2.24) is 0 Å². The van der Waals surface area contributed by atoms with Crippen LogP contribution in [0.25, 0.3) is 21.9 Å². The smallest absolute Gasteiger partial charge is 0.308 e. The van der Waals surface area contributed by atoms with Gasteiger partial charge in [-0.05, 0) is 30.3 Å². The van der Waals surface area contributed by atoms with Gasteiger partial charge in [0.2, 0.25) is 5.43 Å². The van der Waals surface area contributed by atoms with Crippen molar-refractivity contribution >= 4 is 33.9 Å². The van der Waals surface area contributed by atoms with Gasteiger partial charge in [0.15, 0.2) is 11.3 Å². The van der Waals surface area contributed by atoms with E-state index in [2.05, 4.69) is 0 Å². The number of rotatable bonds is 2. The molecule has 6 heteroatoms. The summed E-state index contributed by atoms with van der Waals surface area (Å²) in [6.07, 6.45) is 0. The molecule has 0 saturated heterocycles. The van der Waals surface area contributed by atoms with Crippen molar-refractivity contribution in [3.8, 4) is 11.5 Å². The summed E-state index contributed by atoms with van der Waals surface area (Å²) in [5.74, 6) is -0.553. The highest BCUT2D eigenvalue weighted by atomic mass is 16.5. The maximum atomic E-state index is 12.6. The van der Waals surface area contributed by atoms with Gasteiger partial charge in [-0.15, -0.1) is 0 Å². The average molecular weight is 312 g/mol. The van der Waals surface area contributed by atoms with Crippen LogP contribution in [-0.4, -0.2) is 11.9 Å². The molecule has 0 unspecified atom stereocenters. The minimum atomic E-state index is -0.509. The van der Waals surface area contributed by atoms with E-state index in [4.69, 9.17) is 13.9 Å². The van der Waals surface area contributed by atoms with Crippen molar-refractivity contribution < 1.29 is 23.5 Å². The maximum Gasteiger partial charge on any atom is 0.308 e. The molecule has 0 amide bonds. The Balaban J connectivity index is 2.28. The predicted molar refractivity (Wildman–Crippen MR) is 82.6 cm³/mol. The number of fused-ring (bicyclic) bond motifs is 2. The summed E-state index contributed by atoms with van der Waals surface area (Å²) in [7, 11) is 0. The van der Waals surface area contributed by atoms with E-state index >= 15 is 0 Å². The molecule has 2 aromatic carbocycles. The van der Waals surface area contributed by atoms with Gasteiger partial charge in [-0.3, -0.25) is 14.4 Å². The summed E-state index contributed by atoms with van der Waals surface area (Å²) in [5.41, 5.74) is 0.197. The van der Waals surface area contributed by atoms with Crippen molar-refractivity contribution in [2.24, 2.45) is 0 Å². The van der Waals surface area contributed by atoms with Gasteiger partial charge in [-0.2, -0.15) is 0 Å². The minimum Gasteiger partial charge on any atom is -0.452 e. The molecule has 0 N–H and O–H groups in total. The van der Waals surface area contributed by atoms with Crippen LogP contribution in [0.5, 0.6) is 11.5 Å². The van der Waals surface area contributed by atoms with Crippen LogP contribution in [0.4, 0.5) is 0 Å². The molecule has 3 rings (SSSR count). The third kappa shape index (κ3) is 2.78. The van der Waals surface area contributed by atoms with E-state index in [1.807, 2.05) is 0 Å². The molecule has 23 heavy (non-hydrogen) atoms. The lowest BCUT2D eigenvalue weighted by molar-refractivity contribution is -0.132. The van der Waals surface area contributed by atoms with E-state index in [1.165, 1.54) is 32.0 Å². The maximum absolute atomic E-state index is 12.6. The number of para-hydroxylation sites is 1. The molecule has 0 radical (unpaired) electrons. The lowest BCUT2D eigenvalue weighted by atomic mass is 10.1. The van der Waals surface area contributed by atoms with Crippen molar-refractivity contribution in [1.29, 1.82) is 0 Å². The quantitative estimate of drug-likeness (QED) is 0.411. The van der Waals surface area contributed by atoms with E-state index in [9.17, 15) is 14.4 Å². The van der Waals surface area contributed by atoms with Crippen LogP contribution in [-0.2, 0) is 9.59 Å². The molecule has 0 aliphatic heterocycles. The first-order chi connectivity index (χ1) is 11.0. The number of ether oxygens (including phenoxy) is 2. The molecule has 0 aliphatic carbocycles. The third-order valence-corrected chi connectivity index (χ3v) is 3.15. The Bertz CT molecular complexity index is 992. The first kappa shape index (κ1) is 14.8. The summed E-state index contributed by atoms with van der Waals surface area (Å²) < 4.78 is 15.7. The number of carbonyl (C=O) groups excluding carboxylic acids is 2. The third-order valence-electron chi connectivity index (χ3n) is 3.15. The molecule has 0 bridgehead atoms. The van der Waals surface area contributed by atoms with Gasteiger partial charge in [-0.25, -0.2) is 0 Å². The molecule has 0 saturated carbocycles. The summed E-state index contributed by atoms with van der Waals surface area (Å²) in [4.78, 5) is 34.8. The Labute approximate surface area is 130 Å². The normalized spacial score (nSPS) is 10.7. The van der Waals surface area contributed by atoms with Gasteiger partial charge in [0, 0.05) is 13.8 Å². The van der Waals surface area contributed by atoms with E-state index < -0.39 is 11.9 Å². The summed E-state index contributed by atoms with van der Waals surface area (Å²) in [6.45, 7) is 2.54. The Kier molecular flexibility index (Phi) is 3.57. The first-order valence-corrected chi connectivity index (χ1v) is 6.82. The predicted octanol–water partition coefficient (Wildman–Crippen LogP) is 2.80. The fourth-order valence-corrected chi connectivity index (χ4v) is 2.30. The highest BCUT2D eigenvalue weighted by molar-refractivity contribution is 5.94. The second kappa shape index (κ2) is 5.57. The van der Waals surface area contributed by atoms with Gasteiger partial charge in [-0.1, -0.05) is 6.07 Å². The molecule has 1 aromatic heterocycles. The Hall–Kier alpha value is -3.15. The number of hydrogen-bond acceptors (Lipinski definition) is 6. The summed E-state index contributed by atoms with van der Waals surface area (Å²) in [6, 6.07) is 9.21. The lowest BCUT2D eigenvalue weighted by Crippen LogP contribution is -2.07. The summed E-state index contributed by atoms with van der Waals surface area (Å²) >= 11 is 0. The van der Waals surface area contributed by atoms with Crippen LogP contribution in [0.1, 0.15) is 13.8 Å². The lowest BCUT2D eigenvalue weighted by Gasteiger charge is -2.07. The number of hydrogen-bond donors (Lipinski definition) is 0. The van der Waals surface area contributed by atoms with E-state index in [1.54, 1.807) is 18.2 Å². The van der Waals surface area contributed by atoms with Crippen LogP contribution in [0.2, 0.25) is 0 Å². The molecule has 6 nitrogen and oxygen atoms in total. The molecule has 0 fully saturated rings. The highest BCUT2D eigenvalue weighted by Gasteiger charge is 2.14. The second-order valence-corrected chi connectivity index (χ2v) is 4.91. The van der Waals surface area contributed by atoms with Crippen LogP contribution < -0.4 is 14.9 Å². The van der Waals surface area contributed by atoms with Gasteiger partial charge in [0.05, 0.1) is 10.8 Å². The van der Waals surface area contributed by atoms with Crippen molar-refractivity contribution in [2.45, 2.75) is 13.8 Å². The zero-order valence-electron chi connectivity index (χ0n) is 12.4.